The number of nitrogens with zero attached hydrogens (tertiary/aromatic N) is 6. The van der Waals surface area contributed by atoms with Crippen LogP contribution in [-0.2, 0) is 6.54 Å². The van der Waals surface area contributed by atoms with Crippen molar-refractivity contribution in [2.45, 2.75) is 20.4 Å². The normalized spacial score (nSPS) is 11.0. The minimum absolute atomic E-state index is 0.108. The topological polar surface area (TPSA) is 76.8 Å². The van der Waals surface area contributed by atoms with E-state index in [2.05, 4.69) is 20.1 Å². The van der Waals surface area contributed by atoms with Crippen molar-refractivity contribution >= 4 is 28.6 Å². The fourth-order valence-corrected chi connectivity index (χ4v) is 4.13. The molecular formula is C19H18N6OS2. The summed E-state index contributed by atoms with van der Waals surface area (Å²) in [7, 11) is 1.77. The predicted octanol–water partition coefficient (Wildman–Crippen LogP) is 3.74. The Morgan fingerprint density at radius 1 is 1.21 bits per heavy atom. The predicted molar refractivity (Wildman–Crippen MR) is 110 cm³/mol. The van der Waals surface area contributed by atoms with Gasteiger partial charge >= 0.3 is 0 Å². The van der Waals surface area contributed by atoms with Gasteiger partial charge in [0.15, 0.2) is 0 Å². The van der Waals surface area contributed by atoms with Crippen LogP contribution in [0.15, 0.2) is 41.4 Å². The van der Waals surface area contributed by atoms with Crippen LogP contribution in [0.2, 0.25) is 0 Å². The van der Waals surface area contributed by atoms with Crippen LogP contribution in [-0.4, -0.2) is 42.6 Å². The van der Waals surface area contributed by atoms with Crippen molar-refractivity contribution in [3.8, 4) is 16.5 Å². The fraction of sp³-hybridized carbons (Fsp3) is 0.211. The van der Waals surface area contributed by atoms with E-state index in [1.807, 2.05) is 42.8 Å². The first-order valence-corrected chi connectivity index (χ1v) is 10.4. The van der Waals surface area contributed by atoms with Gasteiger partial charge in [-0.15, -0.1) is 22.7 Å². The van der Waals surface area contributed by atoms with Crippen LogP contribution in [0, 0.1) is 13.8 Å². The smallest absolute Gasteiger partial charge is 0.257 e. The van der Waals surface area contributed by atoms with Crippen LogP contribution in [0.25, 0.3) is 16.5 Å². The number of hydrogen-bond acceptors (Lipinski definition) is 7. The Labute approximate surface area is 170 Å². The quantitative estimate of drug-likeness (QED) is 0.501. The number of aryl methyl sites for hydroxylation is 1. The van der Waals surface area contributed by atoms with E-state index in [0.717, 1.165) is 21.3 Å². The lowest BCUT2D eigenvalue weighted by Gasteiger charge is -2.15. The largest absolute Gasteiger partial charge is 0.336 e. The van der Waals surface area contributed by atoms with Crippen LogP contribution in [0.4, 0.5) is 0 Å². The highest BCUT2D eigenvalue weighted by Gasteiger charge is 2.20. The second kappa shape index (κ2) is 7.61. The van der Waals surface area contributed by atoms with E-state index < -0.39 is 0 Å². The molecule has 4 aromatic heterocycles. The summed E-state index contributed by atoms with van der Waals surface area (Å²) >= 11 is 3.19. The van der Waals surface area contributed by atoms with Crippen molar-refractivity contribution in [1.82, 2.24) is 29.6 Å². The molecule has 0 saturated carbocycles. The molecule has 0 aliphatic rings. The number of amides is 1. The van der Waals surface area contributed by atoms with Gasteiger partial charge in [-0.25, -0.2) is 19.6 Å². The maximum atomic E-state index is 12.9. The van der Waals surface area contributed by atoms with Crippen molar-refractivity contribution < 1.29 is 4.79 Å². The molecule has 4 aromatic rings. The van der Waals surface area contributed by atoms with Gasteiger partial charge in [0, 0.05) is 18.6 Å². The monoisotopic (exact) mass is 410 g/mol. The van der Waals surface area contributed by atoms with E-state index in [1.54, 1.807) is 51.7 Å². The summed E-state index contributed by atoms with van der Waals surface area (Å²) in [4.78, 5) is 28.9. The van der Waals surface area contributed by atoms with Crippen molar-refractivity contribution in [2.75, 3.05) is 7.05 Å². The summed E-state index contributed by atoms with van der Waals surface area (Å²) in [6.45, 7) is 4.26. The third kappa shape index (κ3) is 3.58. The maximum absolute atomic E-state index is 12.9. The lowest BCUT2D eigenvalue weighted by atomic mass is 10.2. The van der Waals surface area contributed by atoms with Crippen molar-refractivity contribution in [3.05, 3.63) is 63.3 Å². The van der Waals surface area contributed by atoms with Gasteiger partial charge in [0.25, 0.3) is 11.9 Å². The van der Waals surface area contributed by atoms with Gasteiger partial charge in [0.2, 0.25) is 0 Å². The molecule has 0 fully saturated rings. The molecule has 0 atom stereocenters. The Morgan fingerprint density at radius 3 is 2.79 bits per heavy atom. The molecule has 0 bridgehead atoms. The second-order valence-electron chi connectivity index (χ2n) is 6.29. The SMILES string of the molecule is Cc1nc(CN(C)C(=O)c2cnn(-c3nccc(-c4cccs4)n3)c2C)cs1. The highest BCUT2D eigenvalue weighted by Crippen LogP contribution is 2.23. The van der Waals surface area contributed by atoms with E-state index in [9.17, 15) is 4.79 Å². The molecule has 0 radical (unpaired) electrons. The van der Waals surface area contributed by atoms with Gasteiger partial charge in [-0.1, -0.05) is 6.07 Å². The lowest BCUT2D eigenvalue weighted by molar-refractivity contribution is 0.0783. The highest BCUT2D eigenvalue weighted by molar-refractivity contribution is 7.13. The average Bonchev–Trinajstić information content (AvgIpc) is 3.43. The number of carbonyl (C=O) groups is 1. The van der Waals surface area contributed by atoms with E-state index in [0.29, 0.717) is 23.8 Å². The molecule has 0 aliphatic heterocycles. The standard InChI is InChI=1S/C19H18N6OS2/c1-12-15(18(26)24(3)10-14-11-28-13(2)22-14)9-21-25(12)19-20-7-6-16(23-19)17-5-4-8-27-17/h4-9,11H,10H2,1-3H3. The first-order valence-electron chi connectivity index (χ1n) is 8.61. The lowest BCUT2D eigenvalue weighted by Crippen LogP contribution is -2.26. The molecule has 0 N–H and O–H groups in total. The van der Waals surface area contributed by atoms with Gasteiger partial charge in [-0.3, -0.25) is 4.79 Å². The second-order valence-corrected chi connectivity index (χ2v) is 8.30. The van der Waals surface area contributed by atoms with Crippen LogP contribution in [0.3, 0.4) is 0 Å². The first-order chi connectivity index (χ1) is 13.5. The molecule has 4 rings (SSSR count). The van der Waals surface area contributed by atoms with E-state index in [-0.39, 0.29) is 5.91 Å². The highest BCUT2D eigenvalue weighted by atomic mass is 32.1. The summed E-state index contributed by atoms with van der Waals surface area (Å²) in [5.74, 6) is 0.337. The minimum atomic E-state index is -0.108. The molecule has 1 amide bonds. The number of aromatic nitrogens is 5. The summed E-state index contributed by atoms with van der Waals surface area (Å²) in [6.07, 6.45) is 3.28. The van der Waals surface area contributed by atoms with Crippen molar-refractivity contribution in [1.29, 1.82) is 0 Å². The van der Waals surface area contributed by atoms with Gasteiger partial charge in [-0.05, 0) is 31.4 Å². The van der Waals surface area contributed by atoms with Crippen LogP contribution in [0.5, 0.6) is 0 Å². The van der Waals surface area contributed by atoms with E-state index in [1.165, 1.54) is 0 Å². The maximum Gasteiger partial charge on any atom is 0.257 e. The molecule has 0 aliphatic carbocycles. The number of rotatable bonds is 5. The molecule has 142 valence electrons. The average molecular weight is 411 g/mol. The zero-order chi connectivity index (χ0) is 19.7. The van der Waals surface area contributed by atoms with Crippen molar-refractivity contribution in [2.24, 2.45) is 0 Å². The molecule has 0 saturated heterocycles. The van der Waals surface area contributed by atoms with Crippen LogP contribution < -0.4 is 0 Å². The summed E-state index contributed by atoms with van der Waals surface area (Å²) in [5, 5.41) is 9.32. The summed E-state index contributed by atoms with van der Waals surface area (Å²) in [5.41, 5.74) is 2.95. The molecule has 9 heteroatoms. The number of carbonyl (C=O) groups excluding carboxylic acids is 1. The Bertz CT molecular complexity index is 1120. The van der Waals surface area contributed by atoms with Gasteiger partial charge in [-0.2, -0.15) is 5.10 Å². The van der Waals surface area contributed by atoms with Crippen molar-refractivity contribution in [3.63, 3.8) is 0 Å². The van der Waals surface area contributed by atoms with E-state index >= 15 is 0 Å². The molecule has 0 spiro atoms. The minimum Gasteiger partial charge on any atom is -0.336 e. The Kier molecular flexibility index (Phi) is 5.01. The molecule has 0 aromatic carbocycles. The molecular weight excluding hydrogens is 392 g/mol. The zero-order valence-electron chi connectivity index (χ0n) is 15.7. The number of thiophene rings is 1. The van der Waals surface area contributed by atoms with E-state index in [4.69, 9.17) is 0 Å². The summed E-state index contributed by atoms with van der Waals surface area (Å²) in [6, 6.07) is 5.86. The summed E-state index contributed by atoms with van der Waals surface area (Å²) < 4.78 is 1.60. The molecule has 7 nitrogen and oxygen atoms in total. The third-order valence-corrected chi connectivity index (χ3v) is 5.97. The number of thiazole rings is 1. The number of hydrogen-bond donors (Lipinski definition) is 0. The van der Waals surface area contributed by atoms with Gasteiger partial charge < -0.3 is 4.90 Å². The Hall–Kier alpha value is -2.91. The molecule has 28 heavy (non-hydrogen) atoms. The fourth-order valence-electron chi connectivity index (χ4n) is 2.83. The molecule has 4 heterocycles. The Morgan fingerprint density at radius 2 is 2.07 bits per heavy atom. The van der Waals surface area contributed by atoms with Crippen LogP contribution in [0.1, 0.15) is 26.8 Å². The van der Waals surface area contributed by atoms with Gasteiger partial charge in [0.05, 0.1) is 45.3 Å². The van der Waals surface area contributed by atoms with Gasteiger partial charge in [0.1, 0.15) is 0 Å². The zero-order valence-corrected chi connectivity index (χ0v) is 17.3. The first kappa shape index (κ1) is 18.5. The van der Waals surface area contributed by atoms with Crippen LogP contribution >= 0.6 is 22.7 Å². The Balaban J connectivity index is 1.59. The third-order valence-electron chi connectivity index (χ3n) is 4.26. The molecule has 0 unspecified atom stereocenters.